The van der Waals surface area contributed by atoms with Crippen LogP contribution in [0.5, 0.6) is 0 Å². The fourth-order valence-corrected chi connectivity index (χ4v) is 2.25. The molecule has 0 amide bonds. The van der Waals surface area contributed by atoms with Gasteiger partial charge in [-0.3, -0.25) is 0 Å². The minimum atomic E-state index is 0.256. The molecule has 0 aromatic carbocycles. The van der Waals surface area contributed by atoms with Crippen LogP contribution in [0.2, 0.25) is 10.3 Å². The van der Waals surface area contributed by atoms with Crippen molar-refractivity contribution in [1.82, 2.24) is 9.97 Å². The summed E-state index contributed by atoms with van der Waals surface area (Å²) in [6, 6.07) is 0. The molecule has 1 aliphatic carbocycles. The molecule has 3 nitrogen and oxygen atoms in total. The molecule has 1 saturated carbocycles. The molecule has 1 aliphatic rings. The predicted octanol–water partition coefficient (Wildman–Crippen LogP) is 3.41. The van der Waals surface area contributed by atoms with Crippen LogP contribution in [0.15, 0.2) is 6.20 Å². The van der Waals surface area contributed by atoms with Crippen molar-refractivity contribution in [3.8, 4) is 0 Å². The van der Waals surface area contributed by atoms with Crippen LogP contribution in [0.3, 0.4) is 0 Å². The number of aromatic nitrogens is 2. The SMILES string of the molecule is CCN(CC1CCC1)c1nc(Cl)ncc1Cl. The highest BCUT2D eigenvalue weighted by Crippen LogP contribution is 2.30. The largest absolute Gasteiger partial charge is 0.355 e. The topological polar surface area (TPSA) is 29.0 Å². The molecule has 0 atom stereocenters. The Bertz CT molecular complexity index is 366. The summed E-state index contributed by atoms with van der Waals surface area (Å²) in [5.41, 5.74) is 0. The van der Waals surface area contributed by atoms with Crippen LogP contribution >= 0.6 is 23.2 Å². The third kappa shape index (κ3) is 2.58. The van der Waals surface area contributed by atoms with Crippen molar-refractivity contribution < 1.29 is 0 Å². The van der Waals surface area contributed by atoms with Crippen LogP contribution in [0, 0.1) is 5.92 Å². The van der Waals surface area contributed by atoms with E-state index < -0.39 is 0 Å². The molecule has 0 saturated heterocycles. The first-order valence-electron chi connectivity index (χ1n) is 5.63. The predicted molar refractivity (Wildman–Crippen MR) is 67.3 cm³/mol. The molecule has 16 heavy (non-hydrogen) atoms. The number of anilines is 1. The lowest BCUT2D eigenvalue weighted by Crippen LogP contribution is -2.33. The third-order valence-electron chi connectivity index (χ3n) is 3.08. The minimum absolute atomic E-state index is 0.256. The standard InChI is InChI=1S/C11H15Cl2N3/c1-2-16(7-8-4-3-5-8)10-9(12)6-14-11(13)15-10/h6,8H,2-5,7H2,1H3. The van der Waals surface area contributed by atoms with E-state index in [9.17, 15) is 0 Å². The van der Waals surface area contributed by atoms with E-state index >= 15 is 0 Å². The van der Waals surface area contributed by atoms with Crippen molar-refractivity contribution in [2.24, 2.45) is 5.92 Å². The maximum atomic E-state index is 6.09. The molecule has 1 aromatic heterocycles. The van der Waals surface area contributed by atoms with Gasteiger partial charge in [0.05, 0.1) is 6.20 Å². The van der Waals surface area contributed by atoms with Crippen LogP contribution in [-0.4, -0.2) is 23.1 Å². The van der Waals surface area contributed by atoms with Gasteiger partial charge in [0.2, 0.25) is 5.28 Å². The van der Waals surface area contributed by atoms with Gasteiger partial charge in [0.1, 0.15) is 5.02 Å². The number of hydrogen-bond donors (Lipinski definition) is 0. The summed E-state index contributed by atoms with van der Waals surface area (Å²) in [4.78, 5) is 10.2. The second kappa shape index (κ2) is 5.19. The molecular formula is C11H15Cl2N3. The summed E-state index contributed by atoms with van der Waals surface area (Å²) < 4.78 is 0. The first kappa shape index (κ1) is 11.9. The lowest BCUT2D eigenvalue weighted by molar-refractivity contribution is 0.318. The van der Waals surface area contributed by atoms with E-state index in [4.69, 9.17) is 23.2 Å². The number of rotatable bonds is 4. The number of nitrogens with zero attached hydrogens (tertiary/aromatic N) is 3. The highest BCUT2D eigenvalue weighted by atomic mass is 35.5. The highest BCUT2D eigenvalue weighted by Gasteiger charge is 2.22. The summed E-state index contributed by atoms with van der Waals surface area (Å²) in [6.45, 7) is 4.01. The minimum Gasteiger partial charge on any atom is -0.355 e. The van der Waals surface area contributed by atoms with Gasteiger partial charge >= 0.3 is 0 Å². The summed E-state index contributed by atoms with van der Waals surface area (Å²) in [5, 5.41) is 0.831. The van der Waals surface area contributed by atoms with Crippen LogP contribution in [0.1, 0.15) is 26.2 Å². The molecule has 0 aliphatic heterocycles. The molecule has 1 heterocycles. The molecule has 2 rings (SSSR count). The molecule has 0 unspecified atom stereocenters. The average Bonchev–Trinajstić information content (AvgIpc) is 2.21. The fourth-order valence-electron chi connectivity index (χ4n) is 1.91. The van der Waals surface area contributed by atoms with Gasteiger partial charge in [0, 0.05) is 13.1 Å². The van der Waals surface area contributed by atoms with E-state index in [2.05, 4.69) is 21.8 Å². The van der Waals surface area contributed by atoms with Crippen LogP contribution in [-0.2, 0) is 0 Å². The summed E-state index contributed by atoms with van der Waals surface area (Å²) >= 11 is 11.9. The van der Waals surface area contributed by atoms with Crippen LogP contribution in [0.25, 0.3) is 0 Å². The Morgan fingerprint density at radius 2 is 2.19 bits per heavy atom. The van der Waals surface area contributed by atoms with Gasteiger partial charge < -0.3 is 4.90 Å². The molecule has 0 N–H and O–H groups in total. The van der Waals surface area contributed by atoms with E-state index in [0.717, 1.165) is 24.8 Å². The van der Waals surface area contributed by atoms with Crippen LogP contribution in [0.4, 0.5) is 5.82 Å². The smallest absolute Gasteiger partial charge is 0.224 e. The second-order valence-corrected chi connectivity index (χ2v) is 4.89. The molecule has 0 radical (unpaired) electrons. The second-order valence-electron chi connectivity index (χ2n) is 4.15. The Balaban J connectivity index is 2.14. The number of hydrogen-bond acceptors (Lipinski definition) is 3. The monoisotopic (exact) mass is 259 g/mol. The van der Waals surface area contributed by atoms with E-state index in [1.807, 2.05) is 0 Å². The first-order valence-corrected chi connectivity index (χ1v) is 6.39. The summed E-state index contributed by atoms with van der Waals surface area (Å²) in [6.07, 6.45) is 5.54. The molecule has 0 bridgehead atoms. The molecule has 88 valence electrons. The van der Waals surface area contributed by atoms with Crippen molar-refractivity contribution in [2.75, 3.05) is 18.0 Å². The zero-order valence-corrected chi connectivity index (χ0v) is 10.8. The van der Waals surface area contributed by atoms with Crippen molar-refractivity contribution in [2.45, 2.75) is 26.2 Å². The van der Waals surface area contributed by atoms with Gasteiger partial charge in [-0.05, 0) is 37.3 Å². The van der Waals surface area contributed by atoms with Crippen molar-refractivity contribution in [3.05, 3.63) is 16.5 Å². The van der Waals surface area contributed by atoms with E-state index in [1.165, 1.54) is 19.3 Å². The highest BCUT2D eigenvalue weighted by molar-refractivity contribution is 6.33. The van der Waals surface area contributed by atoms with Gasteiger partial charge in [-0.1, -0.05) is 18.0 Å². The Labute approximate surface area is 106 Å². The normalized spacial score (nSPS) is 15.9. The van der Waals surface area contributed by atoms with Gasteiger partial charge in [-0.15, -0.1) is 0 Å². The van der Waals surface area contributed by atoms with Gasteiger partial charge in [0.15, 0.2) is 5.82 Å². The van der Waals surface area contributed by atoms with Gasteiger partial charge in [-0.2, -0.15) is 4.98 Å². The molecule has 1 aromatic rings. The van der Waals surface area contributed by atoms with E-state index in [1.54, 1.807) is 6.20 Å². The first-order chi connectivity index (χ1) is 7.70. The average molecular weight is 260 g/mol. The zero-order valence-electron chi connectivity index (χ0n) is 9.29. The lowest BCUT2D eigenvalue weighted by Gasteiger charge is -2.32. The maximum absolute atomic E-state index is 6.09. The van der Waals surface area contributed by atoms with Gasteiger partial charge in [0.25, 0.3) is 0 Å². The molecule has 5 heteroatoms. The molecule has 1 fully saturated rings. The van der Waals surface area contributed by atoms with Crippen molar-refractivity contribution in [1.29, 1.82) is 0 Å². The van der Waals surface area contributed by atoms with Gasteiger partial charge in [-0.25, -0.2) is 4.98 Å². The fraction of sp³-hybridized carbons (Fsp3) is 0.636. The number of halogens is 2. The van der Waals surface area contributed by atoms with Crippen LogP contribution < -0.4 is 4.90 Å². The van der Waals surface area contributed by atoms with E-state index in [-0.39, 0.29) is 5.28 Å². The quantitative estimate of drug-likeness (QED) is 0.777. The molecule has 0 spiro atoms. The molecular weight excluding hydrogens is 245 g/mol. The Kier molecular flexibility index (Phi) is 3.87. The Morgan fingerprint density at radius 1 is 1.44 bits per heavy atom. The lowest BCUT2D eigenvalue weighted by atomic mass is 9.85. The Morgan fingerprint density at radius 3 is 2.75 bits per heavy atom. The van der Waals surface area contributed by atoms with Crippen molar-refractivity contribution in [3.63, 3.8) is 0 Å². The van der Waals surface area contributed by atoms with Crippen molar-refractivity contribution >= 4 is 29.0 Å². The maximum Gasteiger partial charge on any atom is 0.224 e. The Hall–Kier alpha value is -0.540. The third-order valence-corrected chi connectivity index (χ3v) is 3.53. The summed E-state index contributed by atoms with van der Waals surface area (Å²) in [7, 11) is 0. The summed E-state index contributed by atoms with van der Waals surface area (Å²) in [5.74, 6) is 1.54. The van der Waals surface area contributed by atoms with E-state index in [0.29, 0.717) is 5.02 Å². The zero-order chi connectivity index (χ0) is 11.5.